The van der Waals surface area contributed by atoms with Gasteiger partial charge in [-0.25, -0.2) is 4.79 Å². The number of benzene rings is 1. The summed E-state index contributed by atoms with van der Waals surface area (Å²) in [6.07, 6.45) is 15.9. The van der Waals surface area contributed by atoms with Crippen LogP contribution in [0.3, 0.4) is 0 Å². The standard InChI is InChI=1S/C38H53ClO2/c1-9-38-19-14-25(23(2)3)32(38)28-12-13-31-35(6)17-15-27(24-10-11-26(33(40)41)29(39)22-24)34(4,5)30(35)16-18-37(31,8)36(28,7)20-21-38/h10-11,15,22,25,28,30-32H,2,9,12-14,16-21H2,1,3-8H3,(H,40,41)/t25-,28+,30-,31+,32+,35-,36+,37+,38+/m0/s1. The lowest BCUT2D eigenvalue weighted by atomic mass is 9.32. The third-order valence-corrected chi connectivity index (χ3v) is 15.3. The van der Waals surface area contributed by atoms with Crippen LogP contribution >= 0.6 is 11.6 Å². The molecule has 224 valence electrons. The molecule has 0 heterocycles. The van der Waals surface area contributed by atoms with Crippen molar-refractivity contribution in [3.05, 3.63) is 52.6 Å². The van der Waals surface area contributed by atoms with Crippen molar-refractivity contribution in [1.82, 2.24) is 0 Å². The molecule has 0 amide bonds. The summed E-state index contributed by atoms with van der Waals surface area (Å²) in [5, 5.41) is 9.85. The quantitative estimate of drug-likeness (QED) is 0.362. The minimum absolute atomic E-state index is 0.000577. The number of halogens is 1. The molecule has 0 unspecified atom stereocenters. The molecule has 0 aromatic heterocycles. The van der Waals surface area contributed by atoms with E-state index in [4.69, 9.17) is 11.6 Å². The number of carboxylic acid groups (broad SMARTS) is 1. The molecule has 0 spiro atoms. The number of carbonyl (C=O) groups is 1. The summed E-state index contributed by atoms with van der Waals surface area (Å²) in [5.74, 6) is 2.71. The highest BCUT2D eigenvalue weighted by Crippen LogP contribution is 2.78. The molecular weight excluding hydrogens is 524 g/mol. The van der Waals surface area contributed by atoms with Crippen LogP contribution in [0.1, 0.15) is 129 Å². The Labute approximate surface area is 254 Å². The minimum atomic E-state index is -0.965. The Kier molecular flexibility index (Phi) is 6.83. The van der Waals surface area contributed by atoms with Crippen molar-refractivity contribution in [1.29, 1.82) is 0 Å². The van der Waals surface area contributed by atoms with E-state index in [0.717, 1.165) is 29.7 Å². The fourth-order valence-electron chi connectivity index (χ4n) is 12.8. The number of allylic oxidation sites excluding steroid dienone is 3. The summed E-state index contributed by atoms with van der Waals surface area (Å²) in [6.45, 7) is 22.3. The van der Waals surface area contributed by atoms with Crippen LogP contribution in [0, 0.1) is 56.7 Å². The van der Waals surface area contributed by atoms with Gasteiger partial charge < -0.3 is 5.11 Å². The van der Waals surface area contributed by atoms with Gasteiger partial charge in [-0.2, -0.15) is 0 Å². The maximum absolute atomic E-state index is 11.6. The second-order valence-corrected chi connectivity index (χ2v) is 16.9. The molecule has 0 saturated heterocycles. The predicted molar refractivity (Wildman–Crippen MR) is 171 cm³/mol. The molecule has 9 atom stereocenters. The van der Waals surface area contributed by atoms with E-state index in [0.29, 0.717) is 33.1 Å². The van der Waals surface area contributed by atoms with Crippen molar-refractivity contribution in [2.45, 2.75) is 113 Å². The fourth-order valence-corrected chi connectivity index (χ4v) is 13.1. The molecule has 1 aromatic carbocycles. The van der Waals surface area contributed by atoms with E-state index in [9.17, 15) is 9.90 Å². The van der Waals surface area contributed by atoms with Gasteiger partial charge in [0, 0.05) is 0 Å². The summed E-state index contributed by atoms with van der Waals surface area (Å²) < 4.78 is 0. The number of hydrogen-bond acceptors (Lipinski definition) is 1. The Morgan fingerprint density at radius 1 is 0.976 bits per heavy atom. The maximum Gasteiger partial charge on any atom is 0.337 e. The molecular formula is C38H53ClO2. The molecule has 0 radical (unpaired) electrons. The van der Waals surface area contributed by atoms with Gasteiger partial charge in [0.05, 0.1) is 10.6 Å². The average Bonchev–Trinajstić information content (AvgIpc) is 3.29. The second kappa shape index (κ2) is 9.48. The van der Waals surface area contributed by atoms with Gasteiger partial charge in [0.1, 0.15) is 0 Å². The van der Waals surface area contributed by atoms with Crippen molar-refractivity contribution < 1.29 is 9.90 Å². The Balaban J connectivity index is 1.37. The zero-order chi connectivity index (χ0) is 29.8. The first-order chi connectivity index (χ1) is 19.2. The molecule has 6 rings (SSSR count). The summed E-state index contributed by atoms with van der Waals surface area (Å²) in [7, 11) is 0. The summed E-state index contributed by atoms with van der Waals surface area (Å²) in [6, 6.07) is 5.56. The molecule has 3 heteroatoms. The number of carboxylic acids is 1. The SMILES string of the molecule is C=C(C)[C@@H]1CC[C@]2(CC)CC[C@]3(C)[C@H](CC[C@@H]4[C@@]5(C)CC=C(c6ccc(C(=O)O)c(Cl)c6)C(C)(C)[C@@H]5CC[C@]43C)[C@@H]12. The molecule has 5 aliphatic carbocycles. The second-order valence-electron chi connectivity index (χ2n) is 16.4. The maximum atomic E-state index is 11.6. The average molecular weight is 577 g/mol. The van der Waals surface area contributed by atoms with Crippen molar-refractivity contribution in [3.63, 3.8) is 0 Å². The molecule has 0 bridgehead atoms. The zero-order valence-corrected chi connectivity index (χ0v) is 27.5. The third kappa shape index (κ3) is 3.84. The zero-order valence-electron chi connectivity index (χ0n) is 26.7. The first-order valence-corrected chi connectivity index (χ1v) is 16.9. The Hall–Kier alpha value is -1.54. The lowest BCUT2D eigenvalue weighted by Crippen LogP contribution is -2.65. The largest absolute Gasteiger partial charge is 0.478 e. The summed E-state index contributed by atoms with van der Waals surface area (Å²) >= 11 is 6.47. The van der Waals surface area contributed by atoms with E-state index >= 15 is 0 Å². The molecule has 0 aliphatic heterocycles. The highest BCUT2D eigenvalue weighted by Gasteiger charge is 2.70. The van der Waals surface area contributed by atoms with Crippen molar-refractivity contribution in [2.75, 3.05) is 0 Å². The molecule has 5 aliphatic rings. The van der Waals surface area contributed by atoms with Crippen LogP contribution in [0.4, 0.5) is 0 Å². The van der Waals surface area contributed by atoms with E-state index in [1.807, 2.05) is 12.1 Å². The number of rotatable bonds is 4. The molecule has 2 nitrogen and oxygen atoms in total. The van der Waals surface area contributed by atoms with E-state index in [1.54, 1.807) is 6.07 Å². The first kappa shape index (κ1) is 29.5. The van der Waals surface area contributed by atoms with Crippen LogP contribution in [0.2, 0.25) is 5.02 Å². The van der Waals surface area contributed by atoms with Gasteiger partial charge in [-0.05, 0) is 145 Å². The van der Waals surface area contributed by atoms with Crippen molar-refractivity contribution >= 4 is 23.1 Å². The van der Waals surface area contributed by atoms with Gasteiger partial charge in [-0.3, -0.25) is 0 Å². The fraction of sp³-hybridized carbons (Fsp3) is 0.711. The van der Waals surface area contributed by atoms with Gasteiger partial charge in [0.2, 0.25) is 0 Å². The van der Waals surface area contributed by atoms with Gasteiger partial charge in [0.15, 0.2) is 0 Å². The van der Waals surface area contributed by atoms with E-state index in [-0.39, 0.29) is 16.4 Å². The van der Waals surface area contributed by atoms with Crippen molar-refractivity contribution in [2.24, 2.45) is 56.7 Å². The van der Waals surface area contributed by atoms with E-state index in [1.165, 1.54) is 68.9 Å². The Morgan fingerprint density at radius 3 is 2.34 bits per heavy atom. The normalized spacial score (nSPS) is 44.6. The Bertz CT molecular complexity index is 1310. The smallest absolute Gasteiger partial charge is 0.337 e. The van der Waals surface area contributed by atoms with Crippen LogP contribution in [-0.4, -0.2) is 11.1 Å². The molecule has 1 N–H and O–H groups in total. The Morgan fingerprint density at radius 2 is 1.71 bits per heavy atom. The van der Waals surface area contributed by atoms with Crippen LogP contribution in [0.25, 0.3) is 5.57 Å². The van der Waals surface area contributed by atoms with Crippen LogP contribution in [0.5, 0.6) is 0 Å². The van der Waals surface area contributed by atoms with E-state index in [2.05, 4.69) is 61.1 Å². The summed E-state index contributed by atoms with van der Waals surface area (Å²) in [4.78, 5) is 11.6. The van der Waals surface area contributed by atoms with Crippen LogP contribution in [0.15, 0.2) is 36.4 Å². The number of aromatic carboxylic acids is 1. The highest BCUT2D eigenvalue weighted by molar-refractivity contribution is 6.33. The lowest BCUT2D eigenvalue weighted by molar-refractivity contribution is -0.225. The van der Waals surface area contributed by atoms with Gasteiger partial charge in [-0.15, -0.1) is 0 Å². The van der Waals surface area contributed by atoms with Crippen LogP contribution < -0.4 is 0 Å². The predicted octanol–water partition coefficient (Wildman–Crippen LogP) is 11.1. The third-order valence-electron chi connectivity index (χ3n) is 15.0. The van der Waals surface area contributed by atoms with Crippen LogP contribution in [-0.2, 0) is 0 Å². The van der Waals surface area contributed by atoms with Crippen molar-refractivity contribution in [3.8, 4) is 0 Å². The topological polar surface area (TPSA) is 37.3 Å². The number of hydrogen-bond donors (Lipinski definition) is 1. The molecule has 4 saturated carbocycles. The van der Waals surface area contributed by atoms with Gasteiger partial charge >= 0.3 is 5.97 Å². The van der Waals surface area contributed by atoms with Gasteiger partial charge in [-0.1, -0.05) is 83.9 Å². The van der Waals surface area contributed by atoms with E-state index < -0.39 is 5.97 Å². The lowest BCUT2D eigenvalue weighted by Gasteiger charge is -2.72. The minimum Gasteiger partial charge on any atom is -0.478 e. The highest BCUT2D eigenvalue weighted by atomic mass is 35.5. The summed E-state index contributed by atoms with van der Waals surface area (Å²) in [5.41, 5.74) is 5.62. The number of fused-ring (bicyclic) bond motifs is 7. The molecule has 41 heavy (non-hydrogen) atoms. The monoisotopic (exact) mass is 576 g/mol. The molecule has 4 fully saturated rings. The first-order valence-electron chi connectivity index (χ1n) is 16.6. The van der Waals surface area contributed by atoms with Gasteiger partial charge in [0.25, 0.3) is 0 Å². The molecule has 1 aromatic rings.